The second-order valence-electron chi connectivity index (χ2n) is 7.54. The number of thiazole rings is 2. The quantitative estimate of drug-likeness (QED) is 0.395. The maximum absolute atomic E-state index is 13.2. The molecule has 1 fully saturated rings. The smallest absolute Gasteiger partial charge is 0.244 e. The number of rotatable bonds is 5. The number of carbonyl (C=O) groups excluding carboxylic acids is 1. The van der Waals surface area contributed by atoms with Gasteiger partial charge in [0, 0.05) is 6.54 Å². The minimum atomic E-state index is -3.75. The highest BCUT2D eigenvalue weighted by atomic mass is 32.2. The van der Waals surface area contributed by atoms with E-state index in [0.29, 0.717) is 24.5 Å². The van der Waals surface area contributed by atoms with E-state index < -0.39 is 16.1 Å². The number of carbonyl (C=O) groups is 1. The van der Waals surface area contributed by atoms with E-state index in [0.717, 1.165) is 30.3 Å². The van der Waals surface area contributed by atoms with E-state index in [1.54, 1.807) is 47.4 Å². The predicted octanol–water partition coefficient (Wildman–Crippen LogP) is 4.73. The van der Waals surface area contributed by atoms with Crippen molar-refractivity contribution in [1.29, 1.82) is 0 Å². The van der Waals surface area contributed by atoms with Crippen LogP contribution in [-0.2, 0) is 14.8 Å². The summed E-state index contributed by atoms with van der Waals surface area (Å²) in [6.07, 6.45) is 3.12. The number of hydrogen-bond donors (Lipinski definition) is 1. The van der Waals surface area contributed by atoms with Crippen molar-refractivity contribution in [2.24, 2.45) is 0 Å². The molecule has 1 unspecified atom stereocenters. The lowest BCUT2D eigenvalue weighted by atomic mass is 10.2. The van der Waals surface area contributed by atoms with Gasteiger partial charge >= 0.3 is 0 Å². The fraction of sp³-hybridized carbons (Fsp3) is 0.286. The van der Waals surface area contributed by atoms with Crippen LogP contribution in [0.2, 0.25) is 0 Å². The van der Waals surface area contributed by atoms with Gasteiger partial charge in [-0.2, -0.15) is 4.31 Å². The topological polar surface area (TPSA) is 92.3 Å². The number of aryl methyl sites for hydroxylation is 1. The Morgan fingerprint density at radius 2 is 1.78 bits per heavy atom. The van der Waals surface area contributed by atoms with E-state index >= 15 is 0 Å². The maximum atomic E-state index is 13.2. The summed E-state index contributed by atoms with van der Waals surface area (Å²) in [5, 5.41) is 3.33. The average Bonchev–Trinajstić information content (AvgIpc) is 3.50. The molecule has 1 N–H and O–H groups in total. The Morgan fingerprint density at radius 3 is 2.50 bits per heavy atom. The van der Waals surface area contributed by atoms with Crippen molar-refractivity contribution in [3.63, 3.8) is 0 Å². The second-order valence-corrected chi connectivity index (χ2v) is 12.5. The summed E-state index contributed by atoms with van der Waals surface area (Å²) in [6.45, 7) is 2.23. The molecule has 0 aliphatic carbocycles. The normalized spacial score (nSPS) is 17.4. The van der Waals surface area contributed by atoms with Crippen molar-refractivity contribution in [2.45, 2.75) is 35.0 Å². The summed E-state index contributed by atoms with van der Waals surface area (Å²) in [5.41, 5.74) is 2.69. The Morgan fingerprint density at radius 1 is 1.09 bits per heavy atom. The third kappa shape index (κ3) is 3.81. The van der Waals surface area contributed by atoms with Crippen LogP contribution in [0.15, 0.2) is 45.6 Å². The lowest BCUT2D eigenvalue weighted by molar-refractivity contribution is -0.119. The molecule has 5 rings (SSSR count). The first-order valence-electron chi connectivity index (χ1n) is 10.0. The first-order valence-corrected chi connectivity index (χ1v) is 14.3. The summed E-state index contributed by atoms with van der Waals surface area (Å²) >= 11 is 4.60. The Labute approximate surface area is 197 Å². The van der Waals surface area contributed by atoms with Crippen LogP contribution >= 0.6 is 34.4 Å². The number of nitrogens with zero attached hydrogens (tertiary/aromatic N) is 3. The van der Waals surface area contributed by atoms with Crippen molar-refractivity contribution in [3.05, 3.63) is 42.0 Å². The minimum absolute atomic E-state index is 0.208. The molecule has 11 heteroatoms. The maximum Gasteiger partial charge on any atom is 0.244 e. The fourth-order valence-electron chi connectivity index (χ4n) is 3.82. The van der Waals surface area contributed by atoms with E-state index in [1.165, 1.54) is 15.6 Å². The molecule has 2 aromatic carbocycles. The number of thioether (sulfide) groups is 1. The van der Waals surface area contributed by atoms with Crippen LogP contribution in [0.4, 0.5) is 5.13 Å². The number of nitrogens with one attached hydrogen (secondary N) is 1. The Hall–Kier alpha value is -2.05. The van der Waals surface area contributed by atoms with Gasteiger partial charge in [-0.25, -0.2) is 18.4 Å². The Bertz CT molecular complexity index is 1430. The van der Waals surface area contributed by atoms with Gasteiger partial charge in [0.15, 0.2) is 9.47 Å². The highest BCUT2D eigenvalue weighted by Gasteiger charge is 2.39. The first kappa shape index (κ1) is 21.8. The molecule has 1 aliphatic rings. The predicted molar refractivity (Wildman–Crippen MR) is 131 cm³/mol. The van der Waals surface area contributed by atoms with E-state index in [2.05, 4.69) is 15.3 Å². The molecule has 0 saturated carbocycles. The molecular formula is C21H20N4O3S4. The third-order valence-corrected chi connectivity index (χ3v) is 10.6. The van der Waals surface area contributed by atoms with Crippen LogP contribution < -0.4 is 5.32 Å². The monoisotopic (exact) mass is 504 g/mol. The number of amides is 1. The number of benzene rings is 2. The van der Waals surface area contributed by atoms with Crippen molar-refractivity contribution >= 4 is 75.9 Å². The van der Waals surface area contributed by atoms with Gasteiger partial charge in [-0.05, 0) is 50.3 Å². The number of fused-ring (bicyclic) bond motifs is 3. The lowest BCUT2D eigenvalue weighted by Crippen LogP contribution is -2.43. The molecule has 166 valence electrons. The van der Waals surface area contributed by atoms with Crippen molar-refractivity contribution in [3.8, 4) is 0 Å². The largest absolute Gasteiger partial charge is 0.301 e. The van der Waals surface area contributed by atoms with Gasteiger partial charge in [0.05, 0.1) is 25.3 Å². The van der Waals surface area contributed by atoms with E-state index in [-0.39, 0.29) is 10.8 Å². The van der Waals surface area contributed by atoms with Crippen molar-refractivity contribution < 1.29 is 13.2 Å². The molecule has 1 aliphatic heterocycles. The molecule has 1 atom stereocenters. The van der Waals surface area contributed by atoms with E-state index in [1.807, 2.05) is 25.3 Å². The summed E-state index contributed by atoms with van der Waals surface area (Å²) in [5.74, 6) is -0.345. The standard InChI is InChI=1S/C21H20N4O3S4/c1-12-5-7-13(8-6-12)32(27,28)25-11-3-4-16(25)19(26)24-20-22-14-9-10-15-18(17(14)30-20)31-21(23-15)29-2/h5-10,16H,3-4,11H2,1-2H3,(H,22,24,26). The van der Waals surface area contributed by atoms with Crippen molar-refractivity contribution in [2.75, 3.05) is 18.1 Å². The van der Waals surface area contributed by atoms with Crippen LogP contribution in [0.5, 0.6) is 0 Å². The van der Waals surface area contributed by atoms with Crippen LogP contribution in [-0.4, -0.2) is 47.4 Å². The van der Waals surface area contributed by atoms with Gasteiger partial charge in [0.1, 0.15) is 6.04 Å². The van der Waals surface area contributed by atoms with Gasteiger partial charge < -0.3 is 5.32 Å². The minimum Gasteiger partial charge on any atom is -0.301 e. The molecule has 7 nitrogen and oxygen atoms in total. The highest BCUT2D eigenvalue weighted by molar-refractivity contribution is 8.00. The molecule has 0 spiro atoms. The van der Waals surface area contributed by atoms with Gasteiger partial charge in [0.25, 0.3) is 0 Å². The lowest BCUT2D eigenvalue weighted by Gasteiger charge is -2.23. The van der Waals surface area contributed by atoms with Crippen molar-refractivity contribution in [1.82, 2.24) is 14.3 Å². The Balaban J connectivity index is 1.41. The molecule has 1 amide bonds. The number of sulfonamides is 1. The zero-order valence-electron chi connectivity index (χ0n) is 17.4. The molecule has 4 aromatic rings. The third-order valence-electron chi connectivity index (χ3n) is 5.43. The van der Waals surface area contributed by atoms with Crippen LogP contribution in [0, 0.1) is 6.92 Å². The molecule has 3 heterocycles. The van der Waals surface area contributed by atoms with Crippen LogP contribution in [0.1, 0.15) is 18.4 Å². The van der Waals surface area contributed by atoms with Gasteiger partial charge in [-0.3, -0.25) is 4.79 Å². The first-order chi connectivity index (χ1) is 15.4. The summed E-state index contributed by atoms with van der Waals surface area (Å²) < 4.78 is 30.6. The molecule has 32 heavy (non-hydrogen) atoms. The van der Waals surface area contributed by atoms with E-state index in [4.69, 9.17) is 0 Å². The second kappa shape index (κ2) is 8.38. The van der Waals surface area contributed by atoms with Gasteiger partial charge in [0.2, 0.25) is 15.9 Å². The molecule has 2 aromatic heterocycles. The number of hydrogen-bond acceptors (Lipinski definition) is 8. The highest BCUT2D eigenvalue weighted by Crippen LogP contribution is 2.38. The average molecular weight is 505 g/mol. The summed E-state index contributed by atoms with van der Waals surface area (Å²) in [7, 11) is -3.75. The summed E-state index contributed by atoms with van der Waals surface area (Å²) in [6, 6.07) is 9.80. The summed E-state index contributed by atoms with van der Waals surface area (Å²) in [4.78, 5) is 22.4. The fourth-order valence-corrected chi connectivity index (χ4v) is 8.14. The van der Waals surface area contributed by atoms with E-state index in [9.17, 15) is 13.2 Å². The molecule has 0 bridgehead atoms. The number of aromatic nitrogens is 2. The van der Waals surface area contributed by atoms with Crippen LogP contribution in [0.3, 0.4) is 0 Å². The zero-order chi connectivity index (χ0) is 22.5. The molecular weight excluding hydrogens is 485 g/mol. The molecule has 1 saturated heterocycles. The molecule has 0 radical (unpaired) electrons. The van der Waals surface area contributed by atoms with Crippen LogP contribution in [0.25, 0.3) is 20.4 Å². The van der Waals surface area contributed by atoms with Gasteiger partial charge in [-0.1, -0.05) is 40.8 Å². The Kier molecular flexibility index (Phi) is 5.70. The SMILES string of the molecule is CSc1nc2ccc3nc(NC(=O)C4CCCN4S(=O)(=O)c4ccc(C)cc4)sc3c2s1. The number of anilines is 1. The van der Waals surface area contributed by atoms with Gasteiger partial charge in [-0.15, -0.1) is 11.3 Å². The zero-order valence-corrected chi connectivity index (χ0v) is 20.6.